The monoisotopic (exact) mass is 897 g/mol. The summed E-state index contributed by atoms with van der Waals surface area (Å²) in [6, 6.07) is 0. The van der Waals surface area contributed by atoms with Crippen LogP contribution in [0.15, 0.2) is 134 Å². The van der Waals surface area contributed by atoms with Crippen LogP contribution in [0.4, 0.5) is 0 Å². The van der Waals surface area contributed by atoms with Crippen molar-refractivity contribution in [3.05, 3.63) is 134 Å². The van der Waals surface area contributed by atoms with Crippen molar-refractivity contribution >= 4 is 17.9 Å². The van der Waals surface area contributed by atoms with Crippen LogP contribution < -0.4 is 0 Å². The summed E-state index contributed by atoms with van der Waals surface area (Å²) in [6.45, 7) is 6.21. The third-order valence-electron chi connectivity index (χ3n) is 10.3. The van der Waals surface area contributed by atoms with Gasteiger partial charge in [0.15, 0.2) is 6.10 Å². The van der Waals surface area contributed by atoms with E-state index in [2.05, 4.69) is 81.5 Å². The van der Waals surface area contributed by atoms with Gasteiger partial charge in [-0.2, -0.15) is 0 Å². The first kappa shape index (κ1) is 60.5. The number of ether oxygens (including phenoxy) is 3. The zero-order chi connectivity index (χ0) is 47.2. The molecule has 0 saturated carbocycles. The molecule has 0 spiro atoms. The van der Waals surface area contributed by atoms with Crippen LogP contribution in [0.2, 0.25) is 0 Å². The van der Waals surface area contributed by atoms with Crippen LogP contribution in [0.3, 0.4) is 0 Å². The van der Waals surface area contributed by atoms with E-state index in [0.29, 0.717) is 19.3 Å². The second-order valence-corrected chi connectivity index (χ2v) is 16.5. The number of carbonyl (C=O) groups excluding carboxylic acids is 3. The van der Waals surface area contributed by atoms with Crippen molar-refractivity contribution in [1.29, 1.82) is 0 Å². The Hall–Kier alpha value is -4.45. The van der Waals surface area contributed by atoms with Crippen molar-refractivity contribution < 1.29 is 28.6 Å². The van der Waals surface area contributed by atoms with E-state index in [9.17, 15) is 14.4 Å². The number of unbranched alkanes of at least 4 members (excludes halogenated alkanes) is 17. The van der Waals surface area contributed by atoms with Crippen molar-refractivity contribution in [2.45, 2.75) is 207 Å². The number of esters is 3. The predicted octanol–water partition coefficient (Wildman–Crippen LogP) is 17.1. The second kappa shape index (κ2) is 52.2. The molecule has 0 fully saturated rings. The molecule has 364 valence electrons. The summed E-state index contributed by atoms with van der Waals surface area (Å²) in [5.41, 5.74) is 0. The van der Waals surface area contributed by atoms with Crippen LogP contribution >= 0.6 is 0 Å². The third-order valence-corrected chi connectivity index (χ3v) is 10.3. The maximum atomic E-state index is 12.8. The topological polar surface area (TPSA) is 78.9 Å². The fourth-order valence-electron chi connectivity index (χ4n) is 6.56. The minimum Gasteiger partial charge on any atom is -0.462 e. The molecular weight excluding hydrogens is 805 g/mol. The van der Waals surface area contributed by atoms with E-state index in [4.69, 9.17) is 14.2 Å². The maximum Gasteiger partial charge on any atom is 0.306 e. The molecule has 0 aromatic carbocycles. The largest absolute Gasteiger partial charge is 0.462 e. The van der Waals surface area contributed by atoms with E-state index in [1.165, 1.54) is 51.4 Å². The minimum absolute atomic E-state index is 0.105. The Morgan fingerprint density at radius 1 is 0.323 bits per heavy atom. The Labute approximate surface area is 398 Å². The first-order valence-corrected chi connectivity index (χ1v) is 25.8. The molecule has 0 aromatic rings. The van der Waals surface area contributed by atoms with Gasteiger partial charge in [-0.25, -0.2) is 0 Å². The van der Waals surface area contributed by atoms with E-state index >= 15 is 0 Å². The van der Waals surface area contributed by atoms with Crippen molar-refractivity contribution in [1.82, 2.24) is 0 Å². The fourth-order valence-corrected chi connectivity index (χ4v) is 6.56. The van der Waals surface area contributed by atoms with Crippen molar-refractivity contribution in [3.8, 4) is 0 Å². The molecule has 6 heteroatoms. The van der Waals surface area contributed by atoms with E-state index in [-0.39, 0.29) is 31.1 Å². The van der Waals surface area contributed by atoms with Crippen LogP contribution in [0.1, 0.15) is 201 Å². The van der Waals surface area contributed by atoms with Crippen molar-refractivity contribution in [3.63, 3.8) is 0 Å². The molecule has 6 nitrogen and oxygen atoms in total. The molecule has 65 heavy (non-hydrogen) atoms. The molecule has 0 radical (unpaired) electrons. The van der Waals surface area contributed by atoms with Crippen LogP contribution in [0, 0.1) is 0 Å². The van der Waals surface area contributed by atoms with Gasteiger partial charge in [-0.05, 0) is 89.9 Å². The third kappa shape index (κ3) is 50.4. The normalized spacial score (nSPS) is 13.2. The summed E-state index contributed by atoms with van der Waals surface area (Å²) in [5, 5.41) is 0. The van der Waals surface area contributed by atoms with Crippen molar-refractivity contribution in [2.24, 2.45) is 0 Å². The Bertz CT molecular complexity index is 1450. The Balaban J connectivity index is 4.53. The van der Waals surface area contributed by atoms with Gasteiger partial charge in [0.25, 0.3) is 0 Å². The van der Waals surface area contributed by atoms with Gasteiger partial charge >= 0.3 is 17.9 Å². The first-order chi connectivity index (χ1) is 32.0. The average molecular weight is 897 g/mol. The fraction of sp³-hybridized carbons (Fsp3) is 0.576. The molecule has 0 saturated heterocycles. The number of rotatable bonds is 44. The van der Waals surface area contributed by atoms with Gasteiger partial charge in [0, 0.05) is 19.3 Å². The van der Waals surface area contributed by atoms with Crippen LogP contribution in [0.25, 0.3) is 0 Å². The van der Waals surface area contributed by atoms with E-state index in [0.717, 1.165) is 109 Å². The van der Waals surface area contributed by atoms with Crippen LogP contribution in [-0.2, 0) is 28.6 Å². The molecule has 0 bridgehead atoms. The summed E-state index contributed by atoms with van der Waals surface area (Å²) in [4.78, 5) is 38.0. The van der Waals surface area contributed by atoms with Crippen LogP contribution in [-0.4, -0.2) is 37.2 Å². The zero-order valence-electron chi connectivity index (χ0n) is 41.4. The molecule has 0 rings (SSSR count). The zero-order valence-corrected chi connectivity index (χ0v) is 41.4. The molecule has 1 atom stereocenters. The van der Waals surface area contributed by atoms with Crippen molar-refractivity contribution in [2.75, 3.05) is 13.2 Å². The van der Waals surface area contributed by atoms with E-state index in [1.54, 1.807) is 0 Å². The van der Waals surface area contributed by atoms with Crippen LogP contribution in [0.5, 0.6) is 0 Å². The quantitative estimate of drug-likeness (QED) is 0.0199. The summed E-state index contributed by atoms with van der Waals surface area (Å²) in [5.74, 6) is -0.977. The average Bonchev–Trinajstić information content (AvgIpc) is 3.30. The molecule has 0 amide bonds. The van der Waals surface area contributed by atoms with Gasteiger partial charge < -0.3 is 14.2 Å². The highest BCUT2D eigenvalue weighted by Crippen LogP contribution is 2.14. The number of carbonyl (C=O) groups is 3. The number of allylic oxidation sites excluding steroid dienone is 22. The van der Waals surface area contributed by atoms with E-state index < -0.39 is 6.10 Å². The molecule has 0 N–H and O–H groups in total. The highest BCUT2D eigenvalue weighted by molar-refractivity contribution is 5.71. The molecular formula is C59H92O6. The van der Waals surface area contributed by atoms with Gasteiger partial charge in [0.05, 0.1) is 0 Å². The Morgan fingerprint density at radius 2 is 0.631 bits per heavy atom. The molecule has 0 aliphatic heterocycles. The van der Waals surface area contributed by atoms with Gasteiger partial charge in [0.2, 0.25) is 0 Å². The summed E-state index contributed by atoms with van der Waals surface area (Å²) < 4.78 is 16.8. The highest BCUT2D eigenvalue weighted by atomic mass is 16.6. The minimum atomic E-state index is -0.809. The summed E-state index contributed by atoms with van der Waals surface area (Å²) in [6.07, 6.45) is 72.8. The lowest BCUT2D eigenvalue weighted by atomic mass is 10.1. The lowest BCUT2D eigenvalue weighted by Crippen LogP contribution is -2.30. The second-order valence-electron chi connectivity index (χ2n) is 16.5. The number of hydrogen-bond acceptors (Lipinski definition) is 6. The molecule has 0 aliphatic carbocycles. The Morgan fingerprint density at radius 3 is 1.05 bits per heavy atom. The molecule has 0 heterocycles. The van der Waals surface area contributed by atoms with Gasteiger partial charge in [-0.15, -0.1) is 0 Å². The van der Waals surface area contributed by atoms with Gasteiger partial charge in [-0.3, -0.25) is 14.4 Å². The van der Waals surface area contributed by atoms with Gasteiger partial charge in [0.1, 0.15) is 13.2 Å². The van der Waals surface area contributed by atoms with Gasteiger partial charge in [-0.1, -0.05) is 225 Å². The molecule has 0 aromatic heterocycles. The predicted molar refractivity (Wildman–Crippen MR) is 279 cm³/mol. The van der Waals surface area contributed by atoms with E-state index in [1.807, 2.05) is 72.9 Å². The summed E-state index contributed by atoms with van der Waals surface area (Å²) in [7, 11) is 0. The number of hydrogen-bond donors (Lipinski definition) is 0. The standard InChI is InChI=1S/C59H92O6/c1-4-7-10-13-16-19-22-25-28-29-30-31-32-35-37-40-43-46-49-52-58(61)64-55-56(65-59(62)53-50-47-44-41-38-34-27-24-21-18-15-12-9-6-3)54-63-57(60)51-48-45-42-39-36-33-26-23-20-17-14-11-8-5-2/h7-13,16-22,25,28-32,35,37,56H,4-6,14-15,23-24,26-27,33-34,36,38-55H2,1-3H3/b10-7-,11-8-,12-9-,16-13-,20-17-,21-18-,22-19-,28-25-,30-29+,32-31-,37-35-. The molecule has 1 unspecified atom stereocenters. The smallest absolute Gasteiger partial charge is 0.306 e. The SMILES string of the molecule is CC\C=C/C=C\C=C/C=C\C=C\C=C/C=C\CCCCCC(=O)OCC(COC(=O)CCCCCCCCC/C=C\C/C=C\CC)OC(=O)CCCCCCCCC/C=C\C/C=C\CC. The Kier molecular flexibility index (Phi) is 48.6. The molecule has 0 aliphatic rings. The maximum absolute atomic E-state index is 12.8. The lowest BCUT2D eigenvalue weighted by Gasteiger charge is -2.18. The summed E-state index contributed by atoms with van der Waals surface area (Å²) >= 11 is 0. The lowest BCUT2D eigenvalue weighted by molar-refractivity contribution is -0.167. The highest BCUT2D eigenvalue weighted by Gasteiger charge is 2.19. The first-order valence-electron chi connectivity index (χ1n) is 25.8.